The van der Waals surface area contributed by atoms with Crippen molar-refractivity contribution in [3.05, 3.63) is 59.2 Å². The molecule has 0 heterocycles. The van der Waals surface area contributed by atoms with Gasteiger partial charge >= 0.3 is 11.9 Å². The van der Waals surface area contributed by atoms with E-state index in [4.69, 9.17) is 9.47 Å². The molecule has 6 heteroatoms. The molecule has 0 saturated heterocycles. The molecular weight excluding hydrogens is 462 g/mol. The standard InChI is InChI=1S/C29H39NO4.ClH/c1-7-18-30(19-8-2)25-17-16-24-23(20(25)3)10-9-11-26(24)34-27(31)21-12-14-22(15-13-21)33-28(32)29(4,5)6;/h9-15,20,25H,7-8,16-19H2,1-6H3;1H/t20-,25+;/m1./s1. The van der Waals surface area contributed by atoms with E-state index in [2.05, 4.69) is 31.7 Å². The highest BCUT2D eigenvalue weighted by molar-refractivity contribution is 5.91. The maximum atomic E-state index is 12.9. The van der Waals surface area contributed by atoms with Crippen LogP contribution in [-0.4, -0.2) is 36.0 Å². The summed E-state index contributed by atoms with van der Waals surface area (Å²) >= 11 is 0. The molecule has 0 spiro atoms. The van der Waals surface area contributed by atoms with Gasteiger partial charge in [-0.15, -0.1) is 12.4 Å². The maximum absolute atomic E-state index is 12.9. The summed E-state index contributed by atoms with van der Waals surface area (Å²) in [7, 11) is 0. The molecule has 0 saturated carbocycles. The van der Waals surface area contributed by atoms with Crippen molar-refractivity contribution in [1.82, 2.24) is 4.90 Å². The van der Waals surface area contributed by atoms with Gasteiger partial charge in [-0.3, -0.25) is 9.69 Å². The zero-order valence-electron chi connectivity index (χ0n) is 21.9. The maximum Gasteiger partial charge on any atom is 0.343 e. The van der Waals surface area contributed by atoms with Crippen molar-refractivity contribution in [2.45, 2.75) is 79.2 Å². The van der Waals surface area contributed by atoms with Crippen molar-refractivity contribution in [2.75, 3.05) is 13.1 Å². The predicted octanol–water partition coefficient (Wildman–Crippen LogP) is 6.82. The van der Waals surface area contributed by atoms with Gasteiger partial charge in [0.05, 0.1) is 11.0 Å². The first-order valence-corrected chi connectivity index (χ1v) is 12.6. The van der Waals surface area contributed by atoms with Crippen molar-refractivity contribution in [1.29, 1.82) is 0 Å². The van der Waals surface area contributed by atoms with Crippen LogP contribution in [0.4, 0.5) is 0 Å². The third-order valence-corrected chi connectivity index (χ3v) is 6.53. The fraction of sp³-hybridized carbons (Fsp3) is 0.517. The molecule has 3 rings (SSSR count). The molecule has 0 unspecified atom stereocenters. The highest BCUT2D eigenvalue weighted by atomic mass is 35.5. The van der Waals surface area contributed by atoms with Crippen LogP contribution in [0.25, 0.3) is 0 Å². The van der Waals surface area contributed by atoms with Gasteiger partial charge in [0, 0.05) is 6.04 Å². The second-order valence-corrected chi connectivity index (χ2v) is 10.3. The summed E-state index contributed by atoms with van der Waals surface area (Å²) in [6, 6.07) is 13.1. The normalized spacial score (nSPS) is 17.3. The predicted molar refractivity (Wildman–Crippen MR) is 143 cm³/mol. The van der Waals surface area contributed by atoms with E-state index in [9.17, 15) is 9.59 Å². The minimum Gasteiger partial charge on any atom is -0.426 e. The summed E-state index contributed by atoms with van der Waals surface area (Å²) in [6.45, 7) is 14.4. The van der Waals surface area contributed by atoms with Gasteiger partial charge in [-0.1, -0.05) is 32.9 Å². The zero-order valence-corrected chi connectivity index (χ0v) is 22.7. The van der Waals surface area contributed by atoms with Crippen LogP contribution < -0.4 is 9.47 Å². The van der Waals surface area contributed by atoms with Crippen molar-refractivity contribution in [3.8, 4) is 11.5 Å². The van der Waals surface area contributed by atoms with Crippen molar-refractivity contribution in [3.63, 3.8) is 0 Å². The Balaban J connectivity index is 0.00000432. The topological polar surface area (TPSA) is 55.8 Å². The lowest BCUT2D eigenvalue weighted by molar-refractivity contribution is -0.143. The van der Waals surface area contributed by atoms with Crippen LogP contribution in [0.3, 0.4) is 0 Å². The molecule has 2 aromatic rings. The Hall–Kier alpha value is -2.37. The average Bonchev–Trinajstić information content (AvgIpc) is 2.79. The summed E-state index contributed by atoms with van der Waals surface area (Å²) in [4.78, 5) is 27.6. The van der Waals surface area contributed by atoms with Crippen LogP contribution in [-0.2, 0) is 11.2 Å². The molecule has 0 aliphatic heterocycles. The molecule has 0 radical (unpaired) electrons. The average molecular weight is 502 g/mol. The molecule has 35 heavy (non-hydrogen) atoms. The Kier molecular flexibility index (Phi) is 10.3. The van der Waals surface area contributed by atoms with Crippen LogP contribution in [0.1, 0.15) is 88.2 Å². The second kappa shape index (κ2) is 12.5. The molecule has 0 bridgehead atoms. The molecule has 2 aromatic carbocycles. The zero-order chi connectivity index (χ0) is 24.9. The lowest BCUT2D eigenvalue weighted by Gasteiger charge is -2.40. The quantitative estimate of drug-likeness (QED) is 0.293. The Bertz CT molecular complexity index is 991. The smallest absolute Gasteiger partial charge is 0.343 e. The van der Waals surface area contributed by atoms with Crippen LogP contribution in [0.15, 0.2) is 42.5 Å². The number of esters is 2. The Morgan fingerprint density at radius 2 is 1.60 bits per heavy atom. The van der Waals surface area contributed by atoms with Gasteiger partial charge in [-0.2, -0.15) is 0 Å². The van der Waals surface area contributed by atoms with E-state index in [1.165, 1.54) is 5.56 Å². The third kappa shape index (κ3) is 7.08. The van der Waals surface area contributed by atoms with E-state index >= 15 is 0 Å². The largest absolute Gasteiger partial charge is 0.426 e. The Morgan fingerprint density at radius 3 is 2.17 bits per heavy atom. The molecule has 0 N–H and O–H groups in total. The number of hydrogen-bond acceptors (Lipinski definition) is 5. The molecule has 0 aromatic heterocycles. The van der Waals surface area contributed by atoms with Gasteiger partial charge in [0.1, 0.15) is 11.5 Å². The van der Waals surface area contributed by atoms with Gasteiger partial charge in [-0.25, -0.2) is 4.79 Å². The summed E-state index contributed by atoms with van der Waals surface area (Å²) in [5, 5.41) is 0. The number of rotatable bonds is 8. The van der Waals surface area contributed by atoms with Crippen molar-refractivity contribution >= 4 is 24.3 Å². The third-order valence-electron chi connectivity index (χ3n) is 6.53. The number of carbonyl (C=O) groups is 2. The van der Waals surface area contributed by atoms with E-state index in [1.54, 1.807) is 45.0 Å². The summed E-state index contributed by atoms with van der Waals surface area (Å²) < 4.78 is 11.2. The van der Waals surface area contributed by atoms with Gasteiger partial charge in [-0.05, 0) is 107 Å². The molecule has 2 atom stereocenters. The van der Waals surface area contributed by atoms with Crippen LogP contribution >= 0.6 is 12.4 Å². The number of hydrogen-bond donors (Lipinski definition) is 0. The van der Waals surface area contributed by atoms with Crippen molar-refractivity contribution in [2.24, 2.45) is 5.41 Å². The van der Waals surface area contributed by atoms with Gasteiger partial charge in [0.2, 0.25) is 0 Å². The van der Waals surface area contributed by atoms with Gasteiger partial charge in [0.15, 0.2) is 0 Å². The lowest BCUT2D eigenvalue weighted by atomic mass is 9.79. The second-order valence-electron chi connectivity index (χ2n) is 10.3. The molecular formula is C29H40ClNO4. The number of fused-ring (bicyclic) bond motifs is 1. The Morgan fingerprint density at radius 1 is 0.971 bits per heavy atom. The highest BCUT2D eigenvalue weighted by Gasteiger charge is 2.32. The molecule has 192 valence electrons. The number of nitrogens with zero attached hydrogens (tertiary/aromatic N) is 1. The van der Waals surface area contributed by atoms with Gasteiger partial charge < -0.3 is 9.47 Å². The van der Waals surface area contributed by atoms with Crippen LogP contribution in [0, 0.1) is 5.41 Å². The number of halogens is 1. The summed E-state index contributed by atoms with van der Waals surface area (Å²) in [6.07, 6.45) is 4.28. The first-order chi connectivity index (χ1) is 16.2. The van der Waals surface area contributed by atoms with E-state index in [0.717, 1.165) is 44.3 Å². The highest BCUT2D eigenvalue weighted by Crippen LogP contribution is 2.39. The fourth-order valence-electron chi connectivity index (χ4n) is 4.72. The first-order valence-electron chi connectivity index (χ1n) is 12.6. The number of benzene rings is 2. The van der Waals surface area contributed by atoms with Gasteiger partial charge in [0.25, 0.3) is 0 Å². The summed E-state index contributed by atoms with van der Waals surface area (Å²) in [5.41, 5.74) is 2.25. The summed E-state index contributed by atoms with van der Waals surface area (Å²) in [5.74, 6) is 0.723. The van der Waals surface area contributed by atoms with E-state index in [1.807, 2.05) is 12.1 Å². The van der Waals surface area contributed by atoms with E-state index in [0.29, 0.717) is 29.0 Å². The first kappa shape index (κ1) is 28.9. The van der Waals surface area contributed by atoms with E-state index in [-0.39, 0.29) is 18.4 Å². The van der Waals surface area contributed by atoms with Crippen LogP contribution in [0.5, 0.6) is 11.5 Å². The SMILES string of the molecule is CCCN(CCC)[C@H]1CCc2c(OC(=O)c3ccc(OC(=O)C(C)(C)C)cc3)cccc2[C@H]1C.Cl. The van der Waals surface area contributed by atoms with E-state index < -0.39 is 11.4 Å². The minimum atomic E-state index is -0.593. The molecule has 1 aliphatic carbocycles. The molecule has 0 amide bonds. The number of ether oxygens (including phenoxy) is 2. The fourth-order valence-corrected chi connectivity index (χ4v) is 4.72. The molecule has 1 aliphatic rings. The molecule has 0 fully saturated rings. The number of carbonyl (C=O) groups excluding carboxylic acids is 2. The van der Waals surface area contributed by atoms with Crippen LogP contribution in [0.2, 0.25) is 0 Å². The van der Waals surface area contributed by atoms with Crippen molar-refractivity contribution < 1.29 is 19.1 Å². The molecule has 5 nitrogen and oxygen atoms in total. The Labute approximate surface area is 216 Å². The monoisotopic (exact) mass is 501 g/mol. The lowest BCUT2D eigenvalue weighted by Crippen LogP contribution is -2.42. The minimum absolute atomic E-state index is 0.